The molecule has 1 aromatic rings. The van der Waals surface area contributed by atoms with Crippen molar-refractivity contribution in [3.05, 3.63) is 18.0 Å². The molecule has 0 saturated heterocycles. The van der Waals surface area contributed by atoms with Gasteiger partial charge in [-0.05, 0) is 25.3 Å². The number of hydrogen-bond donors (Lipinski definition) is 2. The van der Waals surface area contributed by atoms with E-state index in [1.165, 1.54) is 6.42 Å². The van der Waals surface area contributed by atoms with Gasteiger partial charge >= 0.3 is 0 Å². The van der Waals surface area contributed by atoms with Crippen molar-refractivity contribution < 1.29 is 4.79 Å². The molecule has 0 unspecified atom stereocenters. The zero-order valence-electron chi connectivity index (χ0n) is 11.0. The van der Waals surface area contributed by atoms with Crippen LogP contribution in [0.4, 0.5) is 0 Å². The lowest BCUT2D eigenvalue weighted by Crippen LogP contribution is -2.55. The van der Waals surface area contributed by atoms with Crippen LogP contribution in [0.5, 0.6) is 0 Å². The second-order valence-corrected chi connectivity index (χ2v) is 5.25. The summed E-state index contributed by atoms with van der Waals surface area (Å²) in [5.74, 6) is -0.00826. The summed E-state index contributed by atoms with van der Waals surface area (Å²) in [7, 11) is 0. The summed E-state index contributed by atoms with van der Waals surface area (Å²) in [6.45, 7) is 3.27. The van der Waals surface area contributed by atoms with Gasteiger partial charge in [-0.2, -0.15) is 5.10 Å². The fourth-order valence-corrected chi connectivity index (χ4v) is 2.46. The van der Waals surface area contributed by atoms with Crippen LogP contribution in [0.3, 0.4) is 0 Å². The molecule has 0 aromatic carbocycles. The van der Waals surface area contributed by atoms with Crippen LogP contribution in [0.25, 0.3) is 0 Å². The van der Waals surface area contributed by atoms with Crippen LogP contribution in [0.1, 0.15) is 37.7 Å². The first-order valence-electron chi connectivity index (χ1n) is 6.66. The lowest BCUT2D eigenvalue weighted by molar-refractivity contribution is -0.127. The third-order valence-corrected chi connectivity index (χ3v) is 3.59. The summed E-state index contributed by atoms with van der Waals surface area (Å²) < 4.78 is 1.83. The monoisotopic (exact) mass is 250 g/mol. The smallest absolute Gasteiger partial charge is 0.240 e. The summed E-state index contributed by atoms with van der Waals surface area (Å²) in [4.78, 5) is 12.0. The van der Waals surface area contributed by atoms with Gasteiger partial charge < -0.3 is 11.1 Å². The lowest BCUT2D eigenvalue weighted by Gasteiger charge is -2.31. The van der Waals surface area contributed by atoms with Gasteiger partial charge in [0.05, 0.1) is 18.3 Å². The molecule has 18 heavy (non-hydrogen) atoms. The number of carbonyl (C=O) groups is 1. The van der Waals surface area contributed by atoms with Crippen LogP contribution in [0, 0.1) is 6.92 Å². The molecule has 100 valence electrons. The highest BCUT2D eigenvalue weighted by Crippen LogP contribution is 2.25. The highest BCUT2D eigenvalue weighted by Gasteiger charge is 2.34. The Hall–Kier alpha value is -1.36. The van der Waals surface area contributed by atoms with Crippen molar-refractivity contribution in [1.82, 2.24) is 15.1 Å². The molecule has 5 heteroatoms. The molecule has 1 fully saturated rings. The Labute approximate surface area is 108 Å². The van der Waals surface area contributed by atoms with E-state index in [9.17, 15) is 4.79 Å². The second-order valence-electron chi connectivity index (χ2n) is 5.25. The van der Waals surface area contributed by atoms with Crippen LogP contribution in [0.15, 0.2) is 12.4 Å². The van der Waals surface area contributed by atoms with Crippen molar-refractivity contribution in [2.45, 2.75) is 51.1 Å². The van der Waals surface area contributed by atoms with Crippen molar-refractivity contribution in [1.29, 1.82) is 0 Å². The van der Waals surface area contributed by atoms with E-state index in [0.29, 0.717) is 13.1 Å². The highest BCUT2D eigenvalue weighted by molar-refractivity contribution is 5.86. The standard InChI is InChI=1S/C13H22N4O/c1-11-9-16-17(10-11)8-7-15-12(18)13(14)5-3-2-4-6-13/h9-10H,2-8,14H2,1H3,(H,15,18). The Morgan fingerprint density at radius 3 is 2.83 bits per heavy atom. The van der Waals surface area contributed by atoms with Crippen LogP contribution < -0.4 is 11.1 Å². The van der Waals surface area contributed by atoms with Gasteiger partial charge in [-0.3, -0.25) is 9.48 Å². The molecule has 1 aromatic heterocycles. The fraction of sp³-hybridized carbons (Fsp3) is 0.692. The number of nitrogens with one attached hydrogen (secondary N) is 1. The van der Waals surface area contributed by atoms with Crippen molar-refractivity contribution in [2.75, 3.05) is 6.54 Å². The molecule has 1 aliphatic carbocycles. The van der Waals surface area contributed by atoms with E-state index in [2.05, 4.69) is 10.4 Å². The molecule has 2 rings (SSSR count). The number of nitrogens with zero attached hydrogens (tertiary/aromatic N) is 2. The largest absolute Gasteiger partial charge is 0.353 e. The first kappa shape index (κ1) is 13.1. The maximum Gasteiger partial charge on any atom is 0.240 e. The minimum atomic E-state index is -0.641. The lowest BCUT2D eigenvalue weighted by atomic mass is 9.82. The molecule has 3 N–H and O–H groups in total. The maximum absolute atomic E-state index is 12.0. The quantitative estimate of drug-likeness (QED) is 0.836. The van der Waals surface area contributed by atoms with Gasteiger partial charge in [0, 0.05) is 12.7 Å². The average molecular weight is 250 g/mol. The molecular weight excluding hydrogens is 228 g/mol. The maximum atomic E-state index is 12.0. The van der Waals surface area contributed by atoms with Gasteiger partial charge in [0.25, 0.3) is 0 Å². The zero-order valence-corrected chi connectivity index (χ0v) is 11.0. The fourth-order valence-electron chi connectivity index (χ4n) is 2.46. The highest BCUT2D eigenvalue weighted by atomic mass is 16.2. The molecule has 0 radical (unpaired) electrons. The van der Waals surface area contributed by atoms with Gasteiger partial charge in [-0.1, -0.05) is 19.3 Å². The molecule has 1 amide bonds. The molecule has 1 heterocycles. The SMILES string of the molecule is Cc1cnn(CCNC(=O)C2(N)CCCCC2)c1. The van der Waals surface area contributed by atoms with Crippen LogP contribution >= 0.6 is 0 Å². The summed E-state index contributed by atoms with van der Waals surface area (Å²) in [5, 5.41) is 7.10. The first-order chi connectivity index (χ1) is 8.60. The Balaban J connectivity index is 1.77. The predicted molar refractivity (Wildman–Crippen MR) is 70.0 cm³/mol. The second kappa shape index (κ2) is 5.52. The van der Waals surface area contributed by atoms with Crippen LogP contribution in [-0.4, -0.2) is 27.8 Å². The molecule has 0 bridgehead atoms. The average Bonchev–Trinajstić information content (AvgIpc) is 2.76. The number of hydrogen-bond acceptors (Lipinski definition) is 3. The van der Waals surface area contributed by atoms with Crippen LogP contribution in [-0.2, 0) is 11.3 Å². The van der Waals surface area contributed by atoms with Crippen molar-refractivity contribution in [3.63, 3.8) is 0 Å². The Morgan fingerprint density at radius 2 is 2.22 bits per heavy atom. The zero-order chi connectivity index (χ0) is 13.0. The van der Waals surface area contributed by atoms with Gasteiger partial charge in [0.2, 0.25) is 5.91 Å². The number of nitrogens with two attached hydrogens (primary N) is 1. The summed E-state index contributed by atoms with van der Waals surface area (Å²) in [6, 6.07) is 0. The first-order valence-corrected chi connectivity index (χ1v) is 6.66. The topological polar surface area (TPSA) is 72.9 Å². The minimum absolute atomic E-state index is 0.00826. The third kappa shape index (κ3) is 3.10. The number of rotatable bonds is 4. The van der Waals surface area contributed by atoms with E-state index in [1.807, 2.05) is 24.0 Å². The number of aromatic nitrogens is 2. The number of amides is 1. The van der Waals surface area contributed by atoms with Crippen molar-refractivity contribution in [2.24, 2.45) is 5.73 Å². The number of carbonyl (C=O) groups excluding carboxylic acids is 1. The molecule has 0 aliphatic heterocycles. The van der Waals surface area contributed by atoms with Crippen LogP contribution in [0.2, 0.25) is 0 Å². The Bertz CT molecular complexity index is 407. The molecule has 1 saturated carbocycles. The molecular formula is C13H22N4O. The summed E-state index contributed by atoms with van der Waals surface area (Å²) in [6.07, 6.45) is 8.70. The molecule has 0 spiro atoms. The van der Waals surface area contributed by atoms with E-state index in [4.69, 9.17) is 5.73 Å². The Kier molecular flexibility index (Phi) is 4.01. The van der Waals surface area contributed by atoms with E-state index < -0.39 is 5.54 Å². The molecule has 1 aliphatic rings. The normalized spacial score (nSPS) is 18.6. The third-order valence-electron chi connectivity index (χ3n) is 3.59. The van der Waals surface area contributed by atoms with Gasteiger partial charge in [0.15, 0.2) is 0 Å². The van der Waals surface area contributed by atoms with Gasteiger partial charge in [0.1, 0.15) is 0 Å². The van der Waals surface area contributed by atoms with E-state index >= 15 is 0 Å². The predicted octanol–water partition coefficient (Wildman–Crippen LogP) is 0.969. The Morgan fingerprint density at radius 1 is 1.50 bits per heavy atom. The van der Waals surface area contributed by atoms with Gasteiger partial charge in [-0.25, -0.2) is 0 Å². The van der Waals surface area contributed by atoms with E-state index in [1.54, 1.807) is 0 Å². The molecule has 0 atom stereocenters. The summed E-state index contributed by atoms with van der Waals surface area (Å²) >= 11 is 0. The van der Waals surface area contributed by atoms with Gasteiger partial charge in [-0.15, -0.1) is 0 Å². The van der Waals surface area contributed by atoms with Crippen molar-refractivity contribution >= 4 is 5.91 Å². The van der Waals surface area contributed by atoms with E-state index in [0.717, 1.165) is 31.2 Å². The molecule has 5 nitrogen and oxygen atoms in total. The van der Waals surface area contributed by atoms with Crippen molar-refractivity contribution in [3.8, 4) is 0 Å². The van der Waals surface area contributed by atoms with E-state index in [-0.39, 0.29) is 5.91 Å². The minimum Gasteiger partial charge on any atom is -0.353 e. The summed E-state index contributed by atoms with van der Waals surface area (Å²) in [5.41, 5.74) is 6.64. The number of aryl methyl sites for hydroxylation is 1.